The van der Waals surface area contributed by atoms with Crippen LogP contribution in [0.25, 0.3) is 10.9 Å². The van der Waals surface area contributed by atoms with Gasteiger partial charge in [0.2, 0.25) is 0 Å². The maximum absolute atomic E-state index is 12.0. The summed E-state index contributed by atoms with van der Waals surface area (Å²) in [6.45, 7) is 4.95. The van der Waals surface area contributed by atoms with Crippen molar-refractivity contribution in [2.45, 2.75) is 26.8 Å². The van der Waals surface area contributed by atoms with Gasteiger partial charge in [0.05, 0.1) is 17.5 Å². The molecule has 1 aromatic heterocycles. The van der Waals surface area contributed by atoms with Crippen molar-refractivity contribution >= 4 is 10.9 Å². The van der Waals surface area contributed by atoms with Crippen LogP contribution in [0.15, 0.2) is 56.5 Å². The third-order valence-electron chi connectivity index (χ3n) is 3.81. The first-order valence-electron chi connectivity index (χ1n) is 7.88. The Morgan fingerprint density at radius 1 is 1.04 bits per heavy atom. The fourth-order valence-electron chi connectivity index (χ4n) is 2.81. The van der Waals surface area contributed by atoms with Gasteiger partial charge in [-0.3, -0.25) is 4.57 Å². The molecule has 124 valence electrons. The predicted octanol–water partition coefficient (Wildman–Crippen LogP) is 3.04. The van der Waals surface area contributed by atoms with Gasteiger partial charge in [0, 0.05) is 6.54 Å². The molecule has 0 amide bonds. The van der Waals surface area contributed by atoms with Crippen molar-refractivity contribution < 1.29 is 9.15 Å². The molecule has 0 aliphatic rings. The lowest BCUT2D eigenvalue weighted by Gasteiger charge is -2.10. The molecule has 0 aliphatic carbocycles. The monoisotopic (exact) mass is 325 g/mol. The van der Waals surface area contributed by atoms with Gasteiger partial charge in [-0.1, -0.05) is 18.2 Å². The Balaban J connectivity index is 1.72. The van der Waals surface area contributed by atoms with E-state index >= 15 is 0 Å². The standard InChI is InChI=1S/C19H19NO4/c1-13-10-14(2)12-15(11-13)23-9-5-8-20-17-7-4-3-6-16(17)18(21)24-19(20)22/h3-4,6-7,10-12H,5,8-9H2,1-2H3. The highest BCUT2D eigenvalue weighted by Gasteiger charge is 2.08. The number of nitrogens with zero attached hydrogens (tertiary/aromatic N) is 1. The van der Waals surface area contributed by atoms with Crippen molar-refractivity contribution in [1.29, 1.82) is 0 Å². The first-order chi connectivity index (χ1) is 11.5. The van der Waals surface area contributed by atoms with E-state index < -0.39 is 11.4 Å². The molecule has 5 nitrogen and oxygen atoms in total. The summed E-state index contributed by atoms with van der Waals surface area (Å²) < 4.78 is 12.0. The van der Waals surface area contributed by atoms with Crippen LogP contribution in [0.5, 0.6) is 5.75 Å². The van der Waals surface area contributed by atoms with Crippen LogP contribution in [0.4, 0.5) is 0 Å². The topological polar surface area (TPSA) is 61.4 Å². The Labute approximate surface area is 139 Å². The van der Waals surface area contributed by atoms with Gasteiger partial charge in [0.25, 0.3) is 0 Å². The molecule has 3 rings (SSSR count). The van der Waals surface area contributed by atoms with Crippen LogP contribution in [0.1, 0.15) is 17.5 Å². The molecular formula is C19H19NO4. The van der Waals surface area contributed by atoms with Crippen LogP contribution in [0, 0.1) is 13.8 Å². The molecule has 0 unspecified atom stereocenters. The highest BCUT2D eigenvalue weighted by molar-refractivity contribution is 5.77. The van der Waals surface area contributed by atoms with Crippen LogP contribution in [-0.2, 0) is 6.54 Å². The minimum absolute atomic E-state index is 0.410. The van der Waals surface area contributed by atoms with Crippen LogP contribution < -0.4 is 16.1 Å². The van der Waals surface area contributed by atoms with Gasteiger partial charge >= 0.3 is 11.4 Å². The minimum atomic E-state index is -0.634. The van der Waals surface area contributed by atoms with Crippen LogP contribution in [0.2, 0.25) is 0 Å². The summed E-state index contributed by atoms with van der Waals surface area (Å²) in [7, 11) is 0. The van der Waals surface area contributed by atoms with E-state index in [1.165, 1.54) is 4.57 Å². The lowest BCUT2D eigenvalue weighted by molar-refractivity contribution is 0.296. The molecule has 0 radical (unpaired) electrons. The zero-order valence-electron chi connectivity index (χ0n) is 13.7. The largest absolute Gasteiger partial charge is 0.494 e. The third kappa shape index (κ3) is 3.40. The third-order valence-corrected chi connectivity index (χ3v) is 3.81. The molecule has 0 bridgehead atoms. The van der Waals surface area contributed by atoms with E-state index in [4.69, 9.17) is 9.15 Å². The maximum atomic E-state index is 12.0. The number of fused-ring (bicyclic) bond motifs is 1. The van der Waals surface area contributed by atoms with Crippen LogP contribution >= 0.6 is 0 Å². The number of hydrogen-bond donors (Lipinski definition) is 0. The Hall–Kier alpha value is -2.82. The Morgan fingerprint density at radius 2 is 1.75 bits per heavy atom. The molecule has 0 spiro atoms. The molecule has 0 fully saturated rings. The summed E-state index contributed by atoms with van der Waals surface area (Å²) in [5.41, 5.74) is 2.29. The summed E-state index contributed by atoms with van der Waals surface area (Å²) >= 11 is 0. The summed E-state index contributed by atoms with van der Waals surface area (Å²) in [6.07, 6.45) is 0.630. The molecule has 1 heterocycles. The smallest absolute Gasteiger partial charge is 0.422 e. The normalized spacial score (nSPS) is 10.9. The molecule has 2 aromatic carbocycles. The summed E-state index contributed by atoms with van der Waals surface area (Å²) in [6, 6.07) is 13.0. The molecule has 24 heavy (non-hydrogen) atoms. The first-order valence-corrected chi connectivity index (χ1v) is 7.88. The van der Waals surface area contributed by atoms with Crippen molar-refractivity contribution in [3.63, 3.8) is 0 Å². The number of benzene rings is 2. The Bertz CT molecular complexity index is 964. The average Bonchev–Trinajstić information content (AvgIpc) is 2.53. The van der Waals surface area contributed by atoms with E-state index in [1.54, 1.807) is 24.3 Å². The molecule has 0 aliphatic heterocycles. The van der Waals surface area contributed by atoms with Crippen LogP contribution in [-0.4, -0.2) is 11.2 Å². The fourth-order valence-corrected chi connectivity index (χ4v) is 2.81. The number of hydrogen-bond acceptors (Lipinski definition) is 4. The zero-order chi connectivity index (χ0) is 17.1. The fraction of sp³-hybridized carbons (Fsp3) is 0.263. The van der Waals surface area contributed by atoms with Crippen molar-refractivity contribution in [3.8, 4) is 5.75 Å². The van der Waals surface area contributed by atoms with Gasteiger partial charge < -0.3 is 9.15 Å². The predicted molar refractivity (Wildman–Crippen MR) is 92.8 cm³/mol. The van der Waals surface area contributed by atoms with Gasteiger partial charge in [-0.25, -0.2) is 9.59 Å². The van der Waals surface area contributed by atoms with E-state index in [2.05, 4.69) is 6.07 Å². The number of ether oxygens (including phenoxy) is 1. The summed E-state index contributed by atoms with van der Waals surface area (Å²) in [5.74, 6) is 0.189. The molecule has 0 saturated heterocycles. The number of aryl methyl sites for hydroxylation is 3. The summed E-state index contributed by atoms with van der Waals surface area (Å²) in [5, 5.41) is 0.410. The van der Waals surface area contributed by atoms with Crippen LogP contribution in [0.3, 0.4) is 0 Å². The van der Waals surface area contributed by atoms with Crippen molar-refractivity contribution in [3.05, 3.63) is 74.6 Å². The van der Waals surface area contributed by atoms with E-state index in [0.717, 1.165) is 16.9 Å². The lowest BCUT2D eigenvalue weighted by Crippen LogP contribution is -2.25. The number of para-hydroxylation sites is 1. The minimum Gasteiger partial charge on any atom is -0.494 e. The maximum Gasteiger partial charge on any atom is 0.422 e. The van der Waals surface area contributed by atoms with Gasteiger partial charge in [-0.05, 0) is 55.7 Å². The quantitative estimate of drug-likeness (QED) is 0.677. The van der Waals surface area contributed by atoms with E-state index in [-0.39, 0.29) is 0 Å². The average molecular weight is 325 g/mol. The SMILES string of the molecule is Cc1cc(C)cc(OCCCn2c(=O)oc(=O)c3ccccc32)c1. The Morgan fingerprint density at radius 3 is 2.50 bits per heavy atom. The number of aromatic nitrogens is 1. The zero-order valence-corrected chi connectivity index (χ0v) is 13.7. The highest BCUT2D eigenvalue weighted by Crippen LogP contribution is 2.16. The second-order valence-corrected chi connectivity index (χ2v) is 5.85. The lowest BCUT2D eigenvalue weighted by atomic mass is 10.1. The van der Waals surface area contributed by atoms with E-state index in [9.17, 15) is 9.59 Å². The molecule has 0 atom stereocenters. The molecular weight excluding hydrogens is 306 g/mol. The Kier molecular flexibility index (Phi) is 4.51. The van der Waals surface area contributed by atoms with Gasteiger partial charge in [0.15, 0.2) is 0 Å². The van der Waals surface area contributed by atoms with E-state index in [0.29, 0.717) is 30.5 Å². The molecule has 0 saturated carbocycles. The van der Waals surface area contributed by atoms with E-state index in [1.807, 2.05) is 26.0 Å². The van der Waals surface area contributed by atoms with Gasteiger partial charge in [-0.2, -0.15) is 0 Å². The molecule has 5 heteroatoms. The van der Waals surface area contributed by atoms with Gasteiger partial charge in [-0.15, -0.1) is 0 Å². The van der Waals surface area contributed by atoms with Crippen molar-refractivity contribution in [2.24, 2.45) is 0 Å². The first kappa shape index (κ1) is 16.1. The van der Waals surface area contributed by atoms with Crippen molar-refractivity contribution in [2.75, 3.05) is 6.61 Å². The number of rotatable bonds is 5. The van der Waals surface area contributed by atoms with Gasteiger partial charge in [0.1, 0.15) is 5.75 Å². The molecule has 3 aromatic rings. The van der Waals surface area contributed by atoms with Crippen molar-refractivity contribution in [1.82, 2.24) is 4.57 Å². The second kappa shape index (κ2) is 6.74. The second-order valence-electron chi connectivity index (χ2n) is 5.85. The summed E-state index contributed by atoms with van der Waals surface area (Å²) in [4.78, 5) is 23.7. The molecule has 0 N–H and O–H groups in total. The highest BCUT2D eigenvalue weighted by atomic mass is 16.5.